The molecule has 29 heavy (non-hydrogen) atoms. The van der Waals surface area contributed by atoms with Crippen LogP contribution in [0.25, 0.3) is 0 Å². The number of ether oxygens (including phenoxy) is 2. The molecule has 0 bridgehead atoms. The van der Waals surface area contributed by atoms with E-state index in [1.54, 1.807) is 12.4 Å². The zero-order valence-corrected chi connectivity index (χ0v) is 17.0. The summed E-state index contributed by atoms with van der Waals surface area (Å²) in [5.74, 6) is 1.82. The first-order chi connectivity index (χ1) is 14.1. The summed E-state index contributed by atoms with van der Waals surface area (Å²) >= 11 is 6.43. The van der Waals surface area contributed by atoms with Gasteiger partial charge in [-0.1, -0.05) is 17.7 Å². The third kappa shape index (κ3) is 3.79. The van der Waals surface area contributed by atoms with Crippen LogP contribution in [0.4, 0.5) is 0 Å². The second kappa shape index (κ2) is 7.50. The van der Waals surface area contributed by atoms with Gasteiger partial charge in [0.05, 0.1) is 0 Å². The predicted molar refractivity (Wildman–Crippen MR) is 109 cm³/mol. The molecule has 1 aromatic heterocycles. The Morgan fingerprint density at radius 1 is 1.28 bits per heavy atom. The molecule has 0 radical (unpaired) electrons. The first-order valence-electron chi connectivity index (χ1n) is 10.1. The Labute approximate surface area is 175 Å². The number of hydrogen-bond donors (Lipinski definition) is 1. The first-order valence-corrected chi connectivity index (χ1v) is 10.5. The van der Waals surface area contributed by atoms with Crippen LogP contribution in [0.15, 0.2) is 36.7 Å². The van der Waals surface area contributed by atoms with E-state index < -0.39 is 0 Å². The van der Waals surface area contributed by atoms with Gasteiger partial charge in [0.2, 0.25) is 12.7 Å². The van der Waals surface area contributed by atoms with Crippen molar-refractivity contribution in [3.63, 3.8) is 0 Å². The fraction of sp³-hybridized carbons (Fsp3) is 0.455. The Kier molecular flexibility index (Phi) is 4.84. The van der Waals surface area contributed by atoms with E-state index in [1.165, 1.54) is 0 Å². The van der Waals surface area contributed by atoms with Crippen LogP contribution in [-0.2, 0) is 17.9 Å². The predicted octanol–water partition coefficient (Wildman–Crippen LogP) is 3.38. The van der Waals surface area contributed by atoms with Gasteiger partial charge in [-0.15, -0.1) is 0 Å². The summed E-state index contributed by atoms with van der Waals surface area (Å²) in [4.78, 5) is 19.1. The molecular formula is C22H24ClN3O3. The number of benzene rings is 1. The van der Waals surface area contributed by atoms with Crippen molar-refractivity contribution >= 4 is 17.5 Å². The number of aromatic nitrogens is 1. The van der Waals surface area contributed by atoms with Gasteiger partial charge in [-0.05, 0) is 61.0 Å². The van der Waals surface area contributed by atoms with Crippen LogP contribution in [0, 0.1) is 11.3 Å². The highest BCUT2D eigenvalue weighted by Crippen LogP contribution is 2.59. The van der Waals surface area contributed by atoms with Crippen molar-refractivity contribution in [1.82, 2.24) is 15.2 Å². The number of fused-ring (bicyclic) bond motifs is 1. The largest absolute Gasteiger partial charge is 0.454 e. The van der Waals surface area contributed by atoms with Crippen LogP contribution in [0.5, 0.6) is 11.5 Å². The van der Waals surface area contributed by atoms with E-state index in [0.717, 1.165) is 61.5 Å². The van der Waals surface area contributed by atoms with Crippen molar-refractivity contribution < 1.29 is 14.3 Å². The van der Waals surface area contributed by atoms with Crippen LogP contribution in [-0.4, -0.2) is 35.7 Å². The van der Waals surface area contributed by atoms with E-state index >= 15 is 0 Å². The normalized spacial score (nSPS) is 21.9. The third-order valence-electron chi connectivity index (χ3n) is 6.48. The molecule has 1 saturated heterocycles. The van der Waals surface area contributed by atoms with Gasteiger partial charge >= 0.3 is 0 Å². The number of rotatable bonds is 5. The van der Waals surface area contributed by atoms with Crippen LogP contribution in [0.2, 0.25) is 5.02 Å². The topological polar surface area (TPSA) is 63.7 Å². The molecule has 1 N–H and O–H groups in total. The lowest BCUT2D eigenvalue weighted by Gasteiger charge is -2.33. The lowest BCUT2D eigenvalue weighted by Crippen LogP contribution is -2.36. The number of nitrogens with one attached hydrogen (secondary N) is 1. The molecule has 2 aliphatic heterocycles. The monoisotopic (exact) mass is 413 g/mol. The second-order valence-electron chi connectivity index (χ2n) is 8.27. The SMILES string of the molecule is O=C(NCc1cccnc1)[C@@H]1CC12CCN(Cc1cc3c(cc1Cl)OCO3)CC2. The molecule has 2 aromatic rings. The number of piperidine rings is 1. The standard InChI is InChI=1S/C22H24ClN3O3/c23-18-9-20-19(28-14-29-20)8-16(18)13-26-6-3-22(4-7-26)10-17(22)21(27)25-12-15-2-1-5-24-11-15/h1-2,5,8-9,11,17H,3-4,6-7,10,12-14H2,(H,25,27)/t17-/m0/s1. The van der Waals surface area contributed by atoms with E-state index in [9.17, 15) is 4.79 Å². The Morgan fingerprint density at radius 3 is 2.83 bits per heavy atom. The number of carbonyl (C=O) groups is 1. The van der Waals surface area contributed by atoms with Crippen molar-refractivity contribution in [3.05, 3.63) is 52.8 Å². The summed E-state index contributed by atoms with van der Waals surface area (Å²) in [6.45, 7) is 3.57. The molecule has 1 spiro atoms. The van der Waals surface area contributed by atoms with Crippen molar-refractivity contribution in [2.24, 2.45) is 11.3 Å². The quantitative estimate of drug-likeness (QED) is 0.814. The molecule has 1 saturated carbocycles. The fourth-order valence-electron chi connectivity index (χ4n) is 4.56. The Morgan fingerprint density at radius 2 is 2.07 bits per heavy atom. The van der Waals surface area contributed by atoms with Gasteiger partial charge in [-0.25, -0.2) is 0 Å². The molecule has 1 aromatic carbocycles. The van der Waals surface area contributed by atoms with E-state index in [2.05, 4.69) is 15.2 Å². The van der Waals surface area contributed by atoms with Crippen molar-refractivity contribution in [3.8, 4) is 11.5 Å². The van der Waals surface area contributed by atoms with Gasteiger partial charge < -0.3 is 14.8 Å². The third-order valence-corrected chi connectivity index (χ3v) is 6.84. The smallest absolute Gasteiger partial charge is 0.231 e. The maximum absolute atomic E-state index is 12.6. The number of pyridine rings is 1. The molecule has 0 unspecified atom stereocenters. The molecule has 2 fully saturated rings. The minimum Gasteiger partial charge on any atom is -0.454 e. The van der Waals surface area contributed by atoms with Crippen LogP contribution in [0.3, 0.4) is 0 Å². The molecule has 7 heteroatoms. The number of likely N-dealkylation sites (tertiary alicyclic amines) is 1. The van der Waals surface area contributed by atoms with Crippen LogP contribution >= 0.6 is 11.6 Å². The average molecular weight is 414 g/mol. The Bertz CT molecular complexity index is 913. The number of nitrogens with zero attached hydrogens (tertiary/aromatic N) is 2. The highest BCUT2D eigenvalue weighted by molar-refractivity contribution is 6.31. The fourth-order valence-corrected chi connectivity index (χ4v) is 4.78. The van der Waals surface area contributed by atoms with E-state index in [1.807, 2.05) is 24.3 Å². The minimum absolute atomic E-state index is 0.149. The Hall–Kier alpha value is -2.31. The first kappa shape index (κ1) is 18.7. The maximum Gasteiger partial charge on any atom is 0.231 e. The minimum atomic E-state index is 0.149. The average Bonchev–Trinajstić information content (AvgIpc) is 3.25. The second-order valence-corrected chi connectivity index (χ2v) is 8.68. The molecule has 3 heterocycles. The summed E-state index contributed by atoms with van der Waals surface area (Å²) < 4.78 is 10.9. The van der Waals surface area contributed by atoms with Gasteiger partial charge in [-0.3, -0.25) is 14.7 Å². The van der Waals surface area contributed by atoms with Gasteiger partial charge in [-0.2, -0.15) is 0 Å². The molecule has 6 nitrogen and oxygen atoms in total. The van der Waals surface area contributed by atoms with Crippen molar-refractivity contribution in [2.45, 2.75) is 32.4 Å². The zero-order chi connectivity index (χ0) is 19.8. The van der Waals surface area contributed by atoms with Gasteiger partial charge in [0.25, 0.3) is 0 Å². The zero-order valence-electron chi connectivity index (χ0n) is 16.2. The highest BCUT2D eigenvalue weighted by atomic mass is 35.5. The molecule has 5 rings (SSSR count). The Balaban J connectivity index is 1.13. The highest BCUT2D eigenvalue weighted by Gasteiger charge is 2.58. The molecule has 3 aliphatic rings. The molecule has 1 aliphatic carbocycles. The number of halogens is 1. The summed E-state index contributed by atoms with van der Waals surface area (Å²) in [5, 5.41) is 3.80. The molecule has 1 atom stereocenters. The number of hydrogen-bond acceptors (Lipinski definition) is 5. The maximum atomic E-state index is 12.6. The van der Waals surface area contributed by atoms with Crippen molar-refractivity contribution in [1.29, 1.82) is 0 Å². The van der Waals surface area contributed by atoms with Crippen LogP contribution in [0.1, 0.15) is 30.4 Å². The molecule has 1 amide bonds. The summed E-state index contributed by atoms with van der Waals surface area (Å²) in [5.41, 5.74) is 2.29. The van der Waals surface area contributed by atoms with E-state index in [-0.39, 0.29) is 24.0 Å². The van der Waals surface area contributed by atoms with Gasteiger partial charge in [0.15, 0.2) is 11.5 Å². The summed E-state index contributed by atoms with van der Waals surface area (Å²) in [6, 6.07) is 7.70. The lowest BCUT2D eigenvalue weighted by molar-refractivity contribution is -0.123. The molecular weight excluding hydrogens is 390 g/mol. The summed E-state index contributed by atoms with van der Waals surface area (Å²) in [6.07, 6.45) is 6.65. The van der Waals surface area contributed by atoms with E-state index in [4.69, 9.17) is 21.1 Å². The number of amides is 1. The van der Waals surface area contributed by atoms with Crippen molar-refractivity contribution in [2.75, 3.05) is 19.9 Å². The van der Waals surface area contributed by atoms with Gasteiger partial charge in [0, 0.05) is 42.5 Å². The lowest BCUT2D eigenvalue weighted by atomic mass is 9.90. The summed E-state index contributed by atoms with van der Waals surface area (Å²) in [7, 11) is 0. The van der Waals surface area contributed by atoms with Crippen LogP contribution < -0.4 is 14.8 Å². The molecule has 152 valence electrons. The van der Waals surface area contributed by atoms with Gasteiger partial charge in [0.1, 0.15) is 0 Å². The van der Waals surface area contributed by atoms with E-state index in [0.29, 0.717) is 11.6 Å². The number of carbonyl (C=O) groups excluding carboxylic acids is 1.